The highest BCUT2D eigenvalue weighted by molar-refractivity contribution is 7.90. The van der Waals surface area contributed by atoms with Gasteiger partial charge in [0.05, 0.1) is 11.5 Å². The average molecular weight is 245 g/mol. The molecule has 0 spiro atoms. The Balaban J connectivity index is 3.34. The molecule has 0 radical (unpaired) electrons. The lowest BCUT2D eigenvalue weighted by molar-refractivity contribution is 0.0691. The molecule has 0 aliphatic heterocycles. The first-order valence-corrected chi connectivity index (χ1v) is 6.31. The Morgan fingerprint density at radius 2 is 2.19 bits per heavy atom. The maximum Gasteiger partial charge on any atom is 0.341 e. The number of carbonyl (C=O) groups is 1. The summed E-state index contributed by atoms with van der Waals surface area (Å²) < 4.78 is 27.4. The van der Waals surface area contributed by atoms with Gasteiger partial charge in [0.2, 0.25) is 5.88 Å². The lowest BCUT2D eigenvalue weighted by atomic mass is 10.3. The average Bonchev–Trinajstić information content (AvgIpc) is 2.16. The van der Waals surface area contributed by atoms with Gasteiger partial charge in [-0.15, -0.1) is 0 Å². The second-order valence-electron chi connectivity index (χ2n) is 3.03. The summed E-state index contributed by atoms with van der Waals surface area (Å²) in [5.41, 5.74) is -0.259. The standard InChI is InChI=1S/C9H11NO5S/c1-3-15-8-7(9(11)12)4-6(5-10-8)16(2,13)14/h4-5H,3H2,1-2H3,(H,11,12). The first-order valence-electron chi connectivity index (χ1n) is 4.42. The van der Waals surface area contributed by atoms with Crippen LogP contribution in [-0.2, 0) is 9.84 Å². The molecule has 0 saturated heterocycles. The number of ether oxygens (including phenoxy) is 1. The monoisotopic (exact) mass is 245 g/mol. The Morgan fingerprint density at radius 3 is 2.62 bits per heavy atom. The summed E-state index contributed by atoms with van der Waals surface area (Å²) in [6, 6.07) is 1.04. The van der Waals surface area contributed by atoms with Gasteiger partial charge in [0, 0.05) is 12.5 Å². The van der Waals surface area contributed by atoms with Gasteiger partial charge in [-0.05, 0) is 13.0 Å². The van der Waals surface area contributed by atoms with Crippen LogP contribution in [0.1, 0.15) is 17.3 Å². The molecule has 0 aliphatic rings. The van der Waals surface area contributed by atoms with E-state index in [2.05, 4.69) is 4.98 Å². The molecule has 0 saturated carbocycles. The quantitative estimate of drug-likeness (QED) is 0.834. The molecular formula is C9H11NO5S. The maximum atomic E-state index is 11.2. The molecule has 1 heterocycles. The summed E-state index contributed by atoms with van der Waals surface area (Å²) in [4.78, 5) is 14.4. The third kappa shape index (κ3) is 2.69. The smallest absolute Gasteiger partial charge is 0.341 e. The molecule has 0 amide bonds. The zero-order chi connectivity index (χ0) is 12.3. The Hall–Kier alpha value is -1.63. The fourth-order valence-electron chi connectivity index (χ4n) is 1.04. The van der Waals surface area contributed by atoms with Crippen LogP contribution in [-0.4, -0.2) is 37.3 Å². The van der Waals surface area contributed by atoms with Crippen molar-refractivity contribution >= 4 is 15.8 Å². The summed E-state index contributed by atoms with van der Waals surface area (Å²) in [5.74, 6) is -1.36. The number of carboxylic acids is 1. The zero-order valence-electron chi connectivity index (χ0n) is 8.80. The van der Waals surface area contributed by atoms with Crippen LogP contribution in [0.15, 0.2) is 17.2 Å². The van der Waals surface area contributed by atoms with Gasteiger partial charge in [0.1, 0.15) is 5.56 Å². The highest BCUT2D eigenvalue weighted by atomic mass is 32.2. The molecule has 0 aromatic carbocycles. The van der Waals surface area contributed by atoms with E-state index in [1.165, 1.54) is 0 Å². The lowest BCUT2D eigenvalue weighted by Crippen LogP contribution is -2.07. The molecule has 1 aromatic rings. The third-order valence-corrected chi connectivity index (χ3v) is 2.85. The van der Waals surface area contributed by atoms with Crippen LogP contribution in [0.25, 0.3) is 0 Å². The van der Waals surface area contributed by atoms with Gasteiger partial charge in [-0.1, -0.05) is 0 Å². The normalized spacial score (nSPS) is 11.1. The minimum atomic E-state index is -3.47. The molecule has 1 N–H and O–H groups in total. The molecule has 0 fully saturated rings. The van der Waals surface area contributed by atoms with Crippen LogP contribution in [0, 0.1) is 0 Å². The van der Waals surface area contributed by atoms with E-state index >= 15 is 0 Å². The van der Waals surface area contributed by atoms with Gasteiger partial charge >= 0.3 is 5.97 Å². The summed E-state index contributed by atoms with van der Waals surface area (Å²) in [7, 11) is -3.47. The molecule has 6 nitrogen and oxygen atoms in total. The fourth-order valence-corrected chi connectivity index (χ4v) is 1.62. The van der Waals surface area contributed by atoms with Crippen molar-refractivity contribution in [3.63, 3.8) is 0 Å². The second-order valence-corrected chi connectivity index (χ2v) is 5.05. The Kier molecular flexibility index (Phi) is 3.48. The van der Waals surface area contributed by atoms with Gasteiger partial charge in [0.25, 0.3) is 0 Å². The van der Waals surface area contributed by atoms with Crippen LogP contribution in [0.5, 0.6) is 5.88 Å². The van der Waals surface area contributed by atoms with E-state index < -0.39 is 15.8 Å². The van der Waals surface area contributed by atoms with E-state index in [4.69, 9.17) is 9.84 Å². The van der Waals surface area contributed by atoms with Crippen molar-refractivity contribution in [1.29, 1.82) is 0 Å². The number of carboxylic acid groups (broad SMARTS) is 1. The molecule has 1 rings (SSSR count). The number of rotatable bonds is 4. The molecule has 16 heavy (non-hydrogen) atoms. The van der Waals surface area contributed by atoms with Crippen LogP contribution in [0.2, 0.25) is 0 Å². The number of hydrogen-bond donors (Lipinski definition) is 1. The van der Waals surface area contributed by atoms with E-state index in [9.17, 15) is 13.2 Å². The van der Waals surface area contributed by atoms with Crippen molar-refractivity contribution in [3.05, 3.63) is 17.8 Å². The van der Waals surface area contributed by atoms with E-state index in [1.807, 2.05) is 0 Å². The largest absolute Gasteiger partial charge is 0.477 e. The second kappa shape index (κ2) is 4.48. The third-order valence-electron chi connectivity index (χ3n) is 1.77. The minimum absolute atomic E-state index is 0.0811. The van der Waals surface area contributed by atoms with Crippen molar-refractivity contribution in [3.8, 4) is 5.88 Å². The molecule has 88 valence electrons. The minimum Gasteiger partial charge on any atom is -0.477 e. The number of aromatic nitrogens is 1. The van der Waals surface area contributed by atoms with Crippen molar-refractivity contribution < 1.29 is 23.1 Å². The number of hydrogen-bond acceptors (Lipinski definition) is 5. The molecule has 0 aliphatic carbocycles. The molecule has 0 bridgehead atoms. The van der Waals surface area contributed by atoms with E-state index in [1.54, 1.807) is 6.92 Å². The fraction of sp³-hybridized carbons (Fsp3) is 0.333. The molecule has 0 atom stereocenters. The van der Waals surface area contributed by atoms with E-state index in [0.29, 0.717) is 0 Å². The summed E-state index contributed by atoms with van der Waals surface area (Å²) in [6.45, 7) is 1.93. The number of nitrogens with zero attached hydrogens (tertiary/aromatic N) is 1. The maximum absolute atomic E-state index is 11.2. The molecular weight excluding hydrogens is 234 g/mol. The molecule has 7 heteroatoms. The predicted molar refractivity (Wildman–Crippen MR) is 55.5 cm³/mol. The SMILES string of the molecule is CCOc1ncc(S(C)(=O)=O)cc1C(=O)O. The number of pyridine rings is 1. The van der Waals surface area contributed by atoms with Crippen LogP contribution >= 0.6 is 0 Å². The first-order chi connectivity index (χ1) is 7.36. The zero-order valence-corrected chi connectivity index (χ0v) is 9.61. The lowest BCUT2D eigenvalue weighted by Gasteiger charge is -2.06. The van der Waals surface area contributed by atoms with Gasteiger partial charge in [-0.2, -0.15) is 0 Å². The molecule has 1 aromatic heterocycles. The summed E-state index contributed by atoms with van der Waals surface area (Å²) >= 11 is 0. The van der Waals surface area contributed by atoms with Gasteiger partial charge in [-0.3, -0.25) is 0 Å². The van der Waals surface area contributed by atoms with Crippen LogP contribution in [0.4, 0.5) is 0 Å². The summed E-state index contributed by atoms with van der Waals surface area (Å²) in [6.07, 6.45) is 2.06. The molecule has 0 unspecified atom stereocenters. The first kappa shape index (κ1) is 12.4. The highest BCUT2D eigenvalue weighted by Crippen LogP contribution is 2.19. The Labute approximate surface area is 92.8 Å². The summed E-state index contributed by atoms with van der Waals surface area (Å²) in [5, 5.41) is 8.87. The van der Waals surface area contributed by atoms with Crippen LogP contribution < -0.4 is 4.74 Å². The van der Waals surface area contributed by atoms with E-state index in [0.717, 1.165) is 18.5 Å². The van der Waals surface area contributed by atoms with Gasteiger partial charge in [-0.25, -0.2) is 18.2 Å². The topological polar surface area (TPSA) is 93.6 Å². The predicted octanol–water partition coefficient (Wildman–Crippen LogP) is 0.582. The van der Waals surface area contributed by atoms with Crippen molar-refractivity contribution in [1.82, 2.24) is 4.98 Å². The van der Waals surface area contributed by atoms with Gasteiger partial charge < -0.3 is 9.84 Å². The number of sulfone groups is 1. The van der Waals surface area contributed by atoms with Crippen molar-refractivity contribution in [2.45, 2.75) is 11.8 Å². The van der Waals surface area contributed by atoms with Crippen molar-refractivity contribution in [2.75, 3.05) is 12.9 Å². The Morgan fingerprint density at radius 1 is 1.56 bits per heavy atom. The Bertz CT molecular complexity index is 509. The highest BCUT2D eigenvalue weighted by Gasteiger charge is 2.17. The van der Waals surface area contributed by atoms with Crippen molar-refractivity contribution in [2.24, 2.45) is 0 Å². The van der Waals surface area contributed by atoms with Crippen LogP contribution in [0.3, 0.4) is 0 Å². The number of aromatic carboxylic acids is 1. The van der Waals surface area contributed by atoms with Gasteiger partial charge in [0.15, 0.2) is 9.84 Å². The van der Waals surface area contributed by atoms with E-state index in [-0.39, 0.29) is 22.9 Å².